The Morgan fingerprint density at radius 3 is 2.65 bits per heavy atom. The normalized spacial score (nSPS) is 25.9. The summed E-state index contributed by atoms with van der Waals surface area (Å²) in [6.45, 7) is 3.26. The van der Waals surface area contributed by atoms with E-state index in [-0.39, 0.29) is 17.4 Å². The minimum absolute atomic E-state index is 0.0910. The zero-order chi connectivity index (χ0) is 12.8. The van der Waals surface area contributed by atoms with Crippen LogP contribution in [-0.2, 0) is 9.84 Å². The molecule has 0 aliphatic carbocycles. The van der Waals surface area contributed by atoms with E-state index in [0.717, 1.165) is 0 Å². The fourth-order valence-corrected chi connectivity index (χ4v) is 3.88. The van der Waals surface area contributed by atoms with E-state index < -0.39 is 20.6 Å². The van der Waals surface area contributed by atoms with Crippen molar-refractivity contribution >= 4 is 15.8 Å². The lowest BCUT2D eigenvalue weighted by Gasteiger charge is -2.23. The Bertz CT molecular complexity index is 557. The zero-order valence-electron chi connectivity index (χ0n) is 9.50. The Morgan fingerprint density at radius 1 is 1.59 bits per heavy atom. The maximum absolute atomic E-state index is 11.8. The Labute approximate surface area is 98.5 Å². The standard InChI is InChI=1S/C10H13NO5S/c1-10(2)6(3-4-17(10,14)15)8-5-7(9(12)13)11-16-8/h5-6H,3-4H2,1-2H3,(H,12,13). The number of rotatable bonds is 2. The lowest BCUT2D eigenvalue weighted by Crippen LogP contribution is -2.32. The van der Waals surface area contributed by atoms with Gasteiger partial charge in [-0.05, 0) is 20.3 Å². The van der Waals surface area contributed by atoms with Crippen LogP contribution in [0.5, 0.6) is 0 Å². The second-order valence-corrected chi connectivity index (χ2v) is 7.37. The van der Waals surface area contributed by atoms with Crippen LogP contribution in [-0.4, -0.2) is 35.2 Å². The van der Waals surface area contributed by atoms with Crippen molar-refractivity contribution in [3.05, 3.63) is 17.5 Å². The first kappa shape index (κ1) is 12.1. The van der Waals surface area contributed by atoms with Gasteiger partial charge in [-0.2, -0.15) is 0 Å². The Hall–Kier alpha value is -1.37. The second-order valence-electron chi connectivity index (χ2n) is 4.68. The van der Waals surface area contributed by atoms with Crippen LogP contribution >= 0.6 is 0 Å². The van der Waals surface area contributed by atoms with Crippen LogP contribution in [0.25, 0.3) is 0 Å². The molecule has 0 spiro atoms. The highest BCUT2D eigenvalue weighted by Gasteiger charge is 2.49. The van der Waals surface area contributed by atoms with E-state index in [1.165, 1.54) is 6.07 Å². The van der Waals surface area contributed by atoms with Crippen LogP contribution < -0.4 is 0 Å². The molecule has 1 atom stereocenters. The van der Waals surface area contributed by atoms with Gasteiger partial charge in [-0.3, -0.25) is 0 Å². The molecule has 1 saturated heterocycles. The third-order valence-electron chi connectivity index (χ3n) is 3.41. The molecule has 1 aromatic heterocycles. The first-order chi connectivity index (χ1) is 7.75. The highest BCUT2D eigenvalue weighted by molar-refractivity contribution is 7.93. The minimum Gasteiger partial charge on any atom is -0.476 e. The molecule has 7 heteroatoms. The lowest BCUT2D eigenvalue weighted by atomic mass is 9.90. The fraction of sp³-hybridized carbons (Fsp3) is 0.600. The molecular formula is C10H13NO5S. The molecule has 94 valence electrons. The highest BCUT2D eigenvalue weighted by Crippen LogP contribution is 2.43. The number of hydrogen-bond donors (Lipinski definition) is 1. The van der Waals surface area contributed by atoms with Gasteiger partial charge in [0, 0.05) is 12.0 Å². The number of nitrogens with zero attached hydrogens (tertiary/aromatic N) is 1. The zero-order valence-corrected chi connectivity index (χ0v) is 10.3. The largest absolute Gasteiger partial charge is 0.476 e. The molecule has 1 N–H and O–H groups in total. The first-order valence-corrected chi connectivity index (χ1v) is 6.83. The van der Waals surface area contributed by atoms with Crippen LogP contribution in [0.15, 0.2) is 10.6 Å². The van der Waals surface area contributed by atoms with E-state index in [2.05, 4.69) is 5.16 Å². The third kappa shape index (κ3) is 1.74. The molecule has 17 heavy (non-hydrogen) atoms. The van der Waals surface area contributed by atoms with E-state index in [9.17, 15) is 13.2 Å². The molecule has 0 saturated carbocycles. The first-order valence-electron chi connectivity index (χ1n) is 5.18. The van der Waals surface area contributed by atoms with Gasteiger partial charge in [0.2, 0.25) is 0 Å². The molecule has 1 aliphatic heterocycles. The van der Waals surface area contributed by atoms with Gasteiger partial charge in [0.1, 0.15) is 5.76 Å². The maximum Gasteiger partial charge on any atom is 0.358 e. The van der Waals surface area contributed by atoms with Gasteiger partial charge in [0.15, 0.2) is 15.5 Å². The molecule has 1 aliphatic rings. The summed E-state index contributed by atoms with van der Waals surface area (Å²) in [5.41, 5.74) is -0.194. The van der Waals surface area contributed by atoms with E-state index in [4.69, 9.17) is 9.63 Å². The predicted molar refractivity (Wildman–Crippen MR) is 58.7 cm³/mol. The number of carboxylic acids is 1. The summed E-state index contributed by atoms with van der Waals surface area (Å²) in [7, 11) is -3.17. The van der Waals surface area contributed by atoms with Gasteiger partial charge in [0.25, 0.3) is 0 Å². The quantitative estimate of drug-likeness (QED) is 0.852. The van der Waals surface area contributed by atoms with Crippen LogP contribution in [0.4, 0.5) is 0 Å². The molecule has 0 radical (unpaired) electrons. The van der Waals surface area contributed by atoms with Crippen molar-refractivity contribution in [3.8, 4) is 0 Å². The van der Waals surface area contributed by atoms with Gasteiger partial charge >= 0.3 is 5.97 Å². The molecule has 6 nitrogen and oxygen atoms in total. The van der Waals surface area contributed by atoms with Crippen molar-refractivity contribution in [1.29, 1.82) is 0 Å². The van der Waals surface area contributed by atoms with Gasteiger partial charge in [-0.15, -0.1) is 0 Å². The Morgan fingerprint density at radius 2 is 2.24 bits per heavy atom. The Balaban J connectivity index is 2.39. The predicted octanol–water partition coefficient (Wildman–Crippen LogP) is 1.05. The SMILES string of the molecule is CC1(C)C(c2cc(C(=O)O)no2)CCS1(=O)=O. The van der Waals surface area contributed by atoms with Gasteiger partial charge in [-0.25, -0.2) is 13.2 Å². The number of carboxylic acid groups (broad SMARTS) is 1. The maximum atomic E-state index is 11.8. The topological polar surface area (TPSA) is 97.5 Å². The number of aromatic carboxylic acids is 1. The van der Waals surface area contributed by atoms with Gasteiger partial charge in [0.05, 0.1) is 10.5 Å². The molecular weight excluding hydrogens is 246 g/mol. The number of hydrogen-bond acceptors (Lipinski definition) is 5. The summed E-state index contributed by atoms with van der Waals surface area (Å²) in [5, 5.41) is 12.1. The van der Waals surface area contributed by atoms with Crippen molar-refractivity contribution in [2.45, 2.75) is 30.9 Å². The van der Waals surface area contributed by atoms with Gasteiger partial charge < -0.3 is 9.63 Å². The Kier molecular flexibility index (Phi) is 2.53. The number of carbonyl (C=O) groups is 1. The average Bonchev–Trinajstić information content (AvgIpc) is 2.72. The molecule has 1 unspecified atom stereocenters. The summed E-state index contributed by atoms with van der Waals surface area (Å²) in [4.78, 5) is 10.7. The molecule has 2 rings (SSSR count). The van der Waals surface area contributed by atoms with Crippen molar-refractivity contribution in [2.24, 2.45) is 0 Å². The van der Waals surface area contributed by atoms with E-state index in [1.54, 1.807) is 13.8 Å². The lowest BCUT2D eigenvalue weighted by molar-refractivity contribution is 0.0685. The molecule has 1 aromatic rings. The summed E-state index contributed by atoms with van der Waals surface area (Å²) in [5.74, 6) is -1.10. The molecule has 0 bridgehead atoms. The summed E-state index contributed by atoms with van der Waals surface area (Å²) in [6, 6.07) is 1.30. The number of sulfone groups is 1. The third-order valence-corrected chi connectivity index (χ3v) is 6.07. The van der Waals surface area contributed by atoms with Gasteiger partial charge in [-0.1, -0.05) is 5.16 Å². The van der Waals surface area contributed by atoms with Crippen LogP contribution in [0.2, 0.25) is 0 Å². The average molecular weight is 259 g/mol. The van der Waals surface area contributed by atoms with Crippen molar-refractivity contribution < 1.29 is 22.8 Å². The highest BCUT2D eigenvalue weighted by atomic mass is 32.2. The second kappa shape index (κ2) is 3.56. The van der Waals surface area contributed by atoms with E-state index >= 15 is 0 Å². The summed E-state index contributed by atoms with van der Waals surface area (Å²) >= 11 is 0. The summed E-state index contributed by atoms with van der Waals surface area (Å²) < 4.78 is 27.7. The summed E-state index contributed by atoms with van der Waals surface area (Å²) in [6.07, 6.45) is 0.434. The monoisotopic (exact) mass is 259 g/mol. The van der Waals surface area contributed by atoms with Crippen LogP contribution in [0.1, 0.15) is 42.4 Å². The van der Waals surface area contributed by atoms with E-state index in [1.807, 2.05) is 0 Å². The van der Waals surface area contributed by atoms with Crippen molar-refractivity contribution in [3.63, 3.8) is 0 Å². The molecule has 1 fully saturated rings. The van der Waals surface area contributed by atoms with E-state index in [0.29, 0.717) is 12.2 Å². The van der Waals surface area contributed by atoms with Crippen molar-refractivity contribution in [2.75, 3.05) is 5.75 Å². The smallest absolute Gasteiger partial charge is 0.358 e. The number of aromatic nitrogens is 1. The van der Waals surface area contributed by atoms with Crippen LogP contribution in [0, 0.1) is 0 Å². The van der Waals surface area contributed by atoms with Crippen molar-refractivity contribution in [1.82, 2.24) is 5.16 Å². The molecule has 2 heterocycles. The minimum atomic E-state index is -3.17. The fourth-order valence-electron chi connectivity index (χ4n) is 2.14. The molecule has 0 aromatic carbocycles. The van der Waals surface area contributed by atoms with Crippen LogP contribution in [0.3, 0.4) is 0 Å². The molecule has 0 amide bonds.